The quantitative estimate of drug-likeness (QED) is 0.472. The zero-order valence-electron chi connectivity index (χ0n) is 7.43. The Balaban J connectivity index is 3.47. The molecule has 0 aliphatic carbocycles. The molecule has 0 saturated carbocycles. The second-order valence-electron chi connectivity index (χ2n) is 2.54. The number of aromatic amines is 1. The third-order valence-electron chi connectivity index (χ3n) is 1.54. The average molecular weight is 198 g/mol. The Hall–Kier alpha value is -1.22. The molecule has 1 rings (SSSR count). The van der Waals surface area contributed by atoms with Crippen LogP contribution in [0.3, 0.4) is 0 Å². The summed E-state index contributed by atoms with van der Waals surface area (Å²) >= 11 is 0. The molecular weight excluding hydrogens is 187 g/mol. The first-order valence-electron chi connectivity index (χ1n) is 3.69. The number of nitrogens with zero attached hydrogens (tertiary/aromatic N) is 1. The lowest BCUT2D eigenvalue weighted by Crippen LogP contribution is -2.18. The van der Waals surface area contributed by atoms with Crippen molar-refractivity contribution < 1.29 is 0 Å². The van der Waals surface area contributed by atoms with E-state index in [-0.39, 0.29) is 11.0 Å². The van der Waals surface area contributed by atoms with Gasteiger partial charge in [-0.25, -0.2) is 4.98 Å². The molecule has 6 heteroatoms. The van der Waals surface area contributed by atoms with E-state index in [0.717, 1.165) is 0 Å². The van der Waals surface area contributed by atoms with Gasteiger partial charge >= 0.3 is 0 Å². The maximum Gasteiger partial charge on any atom is 0.274 e. The van der Waals surface area contributed by atoms with Crippen LogP contribution in [0.4, 0.5) is 5.69 Å². The van der Waals surface area contributed by atoms with Gasteiger partial charge in [0.05, 0.1) is 5.45 Å². The molecule has 5 nitrogen and oxygen atoms in total. The fraction of sp³-hybridized carbons (Fsp3) is 0.286. The third kappa shape index (κ3) is 1.92. The molecule has 13 heavy (non-hydrogen) atoms. The fourth-order valence-electron chi connectivity index (χ4n) is 1.01. The molecule has 1 heterocycles. The van der Waals surface area contributed by atoms with E-state index in [1.807, 2.05) is 0 Å². The Morgan fingerprint density at radius 2 is 2.31 bits per heavy atom. The molecule has 0 bridgehead atoms. The minimum atomic E-state index is -0.253. The summed E-state index contributed by atoms with van der Waals surface area (Å²) in [7, 11) is 3.83. The Bertz CT molecular complexity index is 398. The Morgan fingerprint density at radius 3 is 2.77 bits per heavy atom. The van der Waals surface area contributed by atoms with Gasteiger partial charge in [0, 0.05) is 7.05 Å². The van der Waals surface area contributed by atoms with Crippen LogP contribution in [0, 0.1) is 12.3 Å². The zero-order chi connectivity index (χ0) is 10.0. The molecule has 0 amide bonds. The minimum absolute atomic E-state index is 0.193. The molecule has 0 aliphatic rings. The topological polar surface area (TPSA) is 81.6 Å². The highest BCUT2D eigenvalue weighted by atomic mass is 31.0. The van der Waals surface area contributed by atoms with E-state index in [4.69, 9.17) is 5.41 Å². The number of nitrogens with one attached hydrogen (secondary N) is 3. The molecule has 0 fully saturated rings. The van der Waals surface area contributed by atoms with E-state index in [0.29, 0.717) is 17.2 Å². The van der Waals surface area contributed by atoms with Crippen LogP contribution < -0.4 is 10.9 Å². The predicted molar refractivity (Wildman–Crippen MR) is 55.7 cm³/mol. The summed E-state index contributed by atoms with van der Waals surface area (Å²) in [5.41, 5.74) is 0.634. The van der Waals surface area contributed by atoms with E-state index >= 15 is 0 Å². The Kier molecular flexibility index (Phi) is 2.78. The SMILES string of the molecule is CNc1c(C(=N)P)nc(C)[nH]c1=O. The van der Waals surface area contributed by atoms with Gasteiger partial charge in [0.25, 0.3) is 5.56 Å². The second kappa shape index (κ2) is 3.66. The maximum absolute atomic E-state index is 11.3. The van der Waals surface area contributed by atoms with Crippen molar-refractivity contribution in [3.05, 3.63) is 21.9 Å². The lowest BCUT2D eigenvalue weighted by atomic mass is 10.3. The predicted octanol–water partition coefficient (Wildman–Crippen LogP) is 0.320. The van der Waals surface area contributed by atoms with E-state index in [1.54, 1.807) is 14.0 Å². The van der Waals surface area contributed by atoms with Crippen molar-refractivity contribution in [2.45, 2.75) is 6.92 Å². The van der Waals surface area contributed by atoms with Gasteiger partial charge in [0.1, 0.15) is 17.2 Å². The van der Waals surface area contributed by atoms with Crippen LogP contribution in [0.15, 0.2) is 4.79 Å². The summed E-state index contributed by atoms with van der Waals surface area (Å²) in [6.07, 6.45) is 0. The largest absolute Gasteiger partial charge is 0.382 e. The van der Waals surface area contributed by atoms with Gasteiger partial charge in [0.2, 0.25) is 0 Å². The van der Waals surface area contributed by atoms with Crippen LogP contribution >= 0.6 is 9.24 Å². The standard InChI is InChI=1S/C7H11N4OP/c1-3-10-4(6(8)13)5(9-2)7(12)11-3/h8-9H,13H2,1-2H3,(H,10,11,12). The number of rotatable bonds is 2. The molecule has 1 aromatic heterocycles. The van der Waals surface area contributed by atoms with Gasteiger partial charge in [-0.15, -0.1) is 0 Å². The molecule has 3 N–H and O–H groups in total. The normalized spacial score (nSPS) is 9.77. The molecule has 0 saturated heterocycles. The van der Waals surface area contributed by atoms with Crippen LogP contribution in [0.1, 0.15) is 11.5 Å². The molecule has 1 aromatic rings. The highest BCUT2D eigenvalue weighted by Crippen LogP contribution is 2.10. The van der Waals surface area contributed by atoms with Crippen LogP contribution in [-0.2, 0) is 0 Å². The van der Waals surface area contributed by atoms with Crippen molar-refractivity contribution in [2.75, 3.05) is 12.4 Å². The average Bonchev–Trinajstić information content (AvgIpc) is 2.02. The van der Waals surface area contributed by atoms with Crippen LogP contribution in [0.5, 0.6) is 0 Å². The molecular formula is C7H11N4OP. The summed E-state index contributed by atoms with van der Waals surface area (Å²) < 4.78 is 0. The number of anilines is 1. The van der Waals surface area contributed by atoms with Gasteiger partial charge in [-0.3, -0.25) is 10.2 Å². The third-order valence-corrected chi connectivity index (χ3v) is 1.82. The van der Waals surface area contributed by atoms with Crippen molar-refractivity contribution >= 4 is 20.4 Å². The summed E-state index contributed by atoms with van der Waals surface area (Å²) in [5, 5.41) is 10.1. The van der Waals surface area contributed by atoms with Crippen molar-refractivity contribution in [1.82, 2.24) is 9.97 Å². The summed E-state index contributed by atoms with van der Waals surface area (Å²) in [4.78, 5) is 17.9. The van der Waals surface area contributed by atoms with Crippen LogP contribution in [-0.4, -0.2) is 22.5 Å². The van der Waals surface area contributed by atoms with E-state index < -0.39 is 0 Å². The molecule has 1 unspecified atom stereocenters. The Labute approximate surface area is 77.7 Å². The van der Waals surface area contributed by atoms with Crippen molar-refractivity contribution in [3.63, 3.8) is 0 Å². The summed E-state index contributed by atoms with van der Waals surface area (Å²) in [6.45, 7) is 1.68. The van der Waals surface area contributed by atoms with E-state index in [9.17, 15) is 4.79 Å². The van der Waals surface area contributed by atoms with Crippen molar-refractivity contribution in [2.24, 2.45) is 0 Å². The second-order valence-corrected chi connectivity index (χ2v) is 3.12. The van der Waals surface area contributed by atoms with Gasteiger partial charge in [-0.05, 0) is 6.92 Å². The number of aryl methyl sites for hydroxylation is 1. The highest BCUT2D eigenvalue weighted by Gasteiger charge is 2.09. The smallest absolute Gasteiger partial charge is 0.274 e. The molecule has 0 spiro atoms. The molecule has 70 valence electrons. The fourth-order valence-corrected chi connectivity index (χ4v) is 1.22. The van der Waals surface area contributed by atoms with E-state index in [1.165, 1.54) is 0 Å². The van der Waals surface area contributed by atoms with Gasteiger partial charge in [0.15, 0.2) is 0 Å². The molecule has 0 aromatic carbocycles. The summed E-state index contributed by atoms with van der Waals surface area (Å²) in [5.74, 6) is 0.506. The van der Waals surface area contributed by atoms with E-state index in [2.05, 4.69) is 24.5 Å². The summed E-state index contributed by atoms with van der Waals surface area (Å²) in [6, 6.07) is 0. The number of H-pyrrole nitrogens is 1. The molecule has 1 atom stereocenters. The zero-order valence-corrected chi connectivity index (χ0v) is 8.59. The maximum atomic E-state index is 11.3. The lowest BCUT2D eigenvalue weighted by molar-refractivity contribution is 1.01. The molecule has 0 aliphatic heterocycles. The molecule has 0 radical (unpaired) electrons. The first-order chi connectivity index (χ1) is 6.06. The first kappa shape index (κ1) is 9.86. The first-order valence-corrected chi connectivity index (χ1v) is 4.27. The number of hydrogen-bond donors (Lipinski definition) is 3. The lowest BCUT2D eigenvalue weighted by Gasteiger charge is -2.05. The van der Waals surface area contributed by atoms with Gasteiger partial charge in [-0.1, -0.05) is 9.24 Å². The van der Waals surface area contributed by atoms with Gasteiger partial charge in [-0.2, -0.15) is 0 Å². The van der Waals surface area contributed by atoms with Gasteiger partial charge < -0.3 is 10.3 Å². The monoisotopic (exact) mass is 198 g/mol. The Morgan fingerprint density at radius 1 is 1.69 bits per heavy atom. The minimum Gasteiger partial charge on any atom is -0.382 e. The van der Waals surface area contributed by atoms with Crippen molar-refractivity contribution in [1.29, 1.82) is 5.41 Å². The van der Waals surface area contributed by atoms with Crippen molar-refractivity contribution in [3.8, 4) is 0 Å². The highest BCUT2D eigenvalue weighted by molar-refractivity contribution is 7.41. The number of hydrogen-bond acceptors (Lipinski definition) is 4. The van der Waals surface area contributed by atoms with Crippen LogP contribution in [0.2, 0.25) is 0 Å². The van der Waals surface area contributed by atoms with Crippen LogP contribution in [0.25, 0.3) is 0 Å². The number of aromatic nitrogens is 2.